The van der Waals surface area contributed by atoms with Crippen molar-refractivity contribution in [1.29, 1.82) is 0 Å². The first kappa shape index (κ1) is 12.1. The maximum atomic E-state index is 13.4. The molecule has 0 saturated heterocycles. The van der Waals surface area contributed by atoms with Gasteiger partial charge in [0.1, 0.15) is 5.82 Å². The van der Waals surface area contributed by atoms with Crippen LogP contribution in [-0.4, -0.2) is 0 Å². The Hall–Kier alpha value is -1.38. The van der Waals surface area contributed by atoms with Crippen molar-refractivity contribution < 1.29 is 4.39 Å². The van der Waals surface area contributed by atoms with Crippen molar-refractivity contribution in [2.75, 3.05) is 0 Å². The van der Waals surface area contributed by atoms with Crippen molar-refractivity contribution in [1.82, 2.24) is 0 Å². The molecule has 0 saturated carbocycles. The minimum atomic E-state index is -0.238. The zero-order valence-corrected chi connectivity index (χ0v) is 10.3. The van der Waals surface area contributed by atoms with Crippen molar-refractivity contribution in [3.8, 4) is 11.1 Å². The summed E-state index contributed by atoms with van der Waals surface area (Å²) in [5.41, 5.74) is 9.25. The van der Waals surface area contributed by atoms with E-state index in [1.165, 1.54) is 12.1 Å². The fourth-order valence-corrected chi connectivity index (χ4v) is 2.10. The molecule has 0 aliphatic heterocycles. The number of hydrogen-bond donors (Lipinski definition) is 1. The van der Waals surface area contributed by atoms with Gasteiger partial charge >= 0.3 is 0 Å². The van der Waals surface area contributed by atoms with E-state index >= 15 is 0 Å². The van der Waals surface area contributed by atoms with E-state index in [1.807, 2.05) is 25.1 Å². The summed E-state index contributed by atoms with van der Waals surface area (Å²) in [6, 6.07) is 10.4. The van der Waals surface area contributed by atoms with Gasteiger partial charge in [0, 0.05) is 11.6 Å². The molecule has 1 nitrogen and oxygen atoms in total. The Labute approximate surface area is 105 Å². The second-order valence-corrected chi connectivity index (χ2v) is 4.46. The Morgan fingerprint density at radius 2 is 1.94 bits per heavy atom. The van der Waals surface area contributed by atoms with E-state index in [4.69, 9.17) is 17.3 Å². The molecule has 0 unspecified atom stereocenters. The molecule has 0 aliphatic carbocycles. The topological polar surface area (TPSA) is 26.0 Å². The van der Waals surface area contributed by atoms with Gasteiger partial charge in [-0.1, -0.05) is 23.7 Å². The third kappa shape index (κ3) is 2.65. The maximum absolute atomic E-state index is 13.4. The van der Waals surface area contributed by atoms with Gasteiger partial charge < -0.3 is 5.73 Å². The summed E-state index contributed by atoms with van der Waals surface area (Å²) in [6.07, 6.45) is 0. The highest BCUT2D eigenvalue weighted by molar-refractivity contribution is 6.30. The quantitative estimate of drug-likeness (QED) is 0.858. The zero-order chi connectivity index (χ0) is 12.4. The van der Waals surface area contributed by atoms with Crippen LogP contribution in [0.1, 0.15) is 11.1 Å². The van der Waals surface area contributed by atoms with Crippen molar-refractivity contribution in [2.24, 2.45) is 5.73 Å². The molecule has 2 N–H and O–H groups in total. The van der Waals surface area contributed by atoms with Gasteiger partial charge in [-0.15, -0.1) is 0 Å². The summed E-state index contributed by atoms with van der Waals surface area (Å²) < 4.78 is 13.4. The van der Waals surface area contributed by atoms with Crippen LogP contribution in [0.2, 0.25) is 5.02 Å². The molecule has 0 aliphatic rings. The maximum Gasteiger partial charge on any atom is 0.124 e. The average molecular weight is 250 g/mol. The highest BCUT2D eigenvalue weighted by Gasteiger charge is 2.06. The van der Waals surface area contributed by atoms with Crippen LogP contribution in [0.3, 0.4) is 0 Å². The van der Waals surface area contributed by atoms with Gasteiger partial charge in [0.25, 0.3) is 0 Å². The van der Waals surface area contributed by atoms with Crippen molar-refractivity contribution >= 4 is 11.6 Å². The highest BCUT2D eigenvalue weighted by Crippen LogP contribution is 2.27. The van der Waals surface area contributed by atoms with Crippen LogP contribution in [0.5, 0.6) is 0 Å². The molecule has 0 heterocycles. The zero-order valence-electron chi connectivity index (χ0n) is 9.50. The molecule has 2 aromatic rings. The normalized spacial score (nSPS) is 10.6. The van der Waals surface area contributed by atoms with Crippen LogP contribution in [0, 0.1) is 12.7 Å². The predicted octanol–water partition coefficient (Wildman–Crippen LogP) is 3.91. The first-order valence-electron chi connectivity index (χ1n) is 5.36. The number of aryl methyl sites for hydroxylation is 1. The SMILES string of the molecule is Cc1cc(F)cc(-c2ccc(Cl)cc2CN)c1. The summed E-state index contributed by atoms with van der Waals surface area (Å²) >= 11 is 5.92. The van der Waals surface area contributed by atoms with Gasteiger partial charge in [-0.2, -0.15) is 0 Å². The minimum Gasteiger partial charge on any atom is -0.326 e. The fraction of sp³-hybridized carbons (Fsp3) is 0.143. The smallest absolute Gasteiger partial charge is 0.124 e. The van der Waals surface area contributed by atoms with E-state index in [-0.39, 0.29) is 5.82 Å². The summed E-state index contributed by atoms with van der Waals surface area (Å²) in [7, 11) is 0. The molecule has 0 atom stereocenters. The first-order valence-corrected chi connectivity index (χ1v) is 5.74. The molecule has 0 amide bonds. The molecule has 3 heteroatoms. The van der Waals surface area contributed by atoms with E-state index < -0.39 is 0 Å². The Morgan fingerprint density at radius 3 is 2.59 bits per heavy atom. The average Bonchev–Trinajstić information content (AvgIpc) is 2.27. The van der Waals surface area contributed by atoms with Gasteiger partial charge in [-0.3, -0.25) is 0 Å². The lowest BCUT2D eigenvalue weighted by atomic mass is 9.98. The Morgan fingerprint density at radius 1 is 1.18 bits per heavy atom. The predicted molar refractivity (Wildman–Crippen MR) is 69.5 cm³/mol. The molecule has 88 valence electrons. The number of halogens is 2. The van der Waals surface area contributed by atoms with Gasteiger partial charge in [-0.05, 0) is 53.4 Å². The standard InChI is InChI=1S/C14H13ClFN/c1-9-4-10(7-13(16)5-9)14-3-2-12(15)6-11(14)8-17/h2-7H,8,17H2,1H3. The molecule has 0 spiro atoms. The Bertz CT molecular complexity index is 532. The fourth-order valence-electron chi connectivity index (χ4n) is 1.90. The van der Waals surface area contributed by atoms with Gasteiger partial charge in [0.15, 0.2) is 0 Å². The van der Waals surface area contributed by atoms with Gasteiger partial charge in [0.05, 0.1) is 0 Å². The van der Waals surface area contributed by atoms with Crippen LogP contribution in [0.15, 0.2) is 36.4 Å². The Kier molecular flexibility index (Phi) is 3.46. The second-order valence-electron chi connectivity index (χ2n) is 4.02. The van der Waals surface area contributed by atoms with Crippen LogP contribution in [0.25, 0.3) is 11.1 Å². The molecular weight excluding hydrogens is 237 g/mol. The van der Waals surface area contributed by atoms with E-state index in [0.717, 1.165) is 22.3 Å². The molecule has 0 aromatic heterocycles. The van der Waals surface area contributed by atoms with Crippen LogP contribution >= 0.6 is 11.6 Å². The summed E-state index contributed by atoms with van der Waals surface area (Å²) in [4.78, 5) is 0. The molecular formula is C14H13ClFN. The van der Waals surface area contributed by atoms with Gasteiger partial charge in [0.2, 0.25) is 0 Å². The van der Waals surface area contributed by atoms with E-state index in [1.54, 1.807) is 6.07 Å². The highest BCUT2D eigenvalue weighted by atomic mass is 35.5. The summed E-state index contributed by atoms with van der Waals surface area (Å²) in [5.74, 6) is -0.238. The number of hydrogen-bond acceptors (Lipinski definition) is 1. The molecule has 0 radical (unpaired) electrons. The lowest BCUT2D eigenvalue weighted by molar-refractivity contribution is 0.627. The lowest BCUT2D eigenvalue weighted by Gasteiger charge is -2.09. The van der Waals surface area contributed by atoms with E-state index in [2.05, 4.69) is 0 Å². The second kappa shape index (κ2) is 4.86. The van der Waals surface area contributed by atoms with E-state index in [9.17, 15) is 4.39 Å². The number of rotatable bonds is 2. The van der Waals surface area contributed by atoms with Crippen molar-refractivity contribution in [3.63, 3.8) is 0 Å². The third-order valence-electron chi connectivity index (χ3n) is 2.64. The molecule has 0 bridgehead atoms. The van der Waals surface area contributed by atoms with Crippen LogP contribution < -0.4 is 5.73 Å². The van der Waals surface area contributed by atoms with Gasteiger partial charge in [-0.25, -0.2) is 4.39 Å². The molecule has 2 aromatic carbocycles. The van der Waals surface area contributed by atoms with Crippen LogP contribution in [-0.2, 0) is 6.54 Å². The van der Waals surface area contributed by atoms with Crippen LogP contribution in [0.4, 0.5) is 4.39 Å². The molecule has 17 heavy (non-hydrogen) atoms. The number of benzene rings is 2. The lowest BCUT2D eigenvalue weighted by Crippen LogP contribution is -1.99. The van der Waals surface area contributed by atoms with Crippen molar-refractivity contribution in [2.45, 2.75) is 13.5 Å². The Balaban J connectivity index is 2.59. The minimum absolute atomic E-state index is 0.238. The molecule has 2 rings (SSSR count). The van der Waals surface area contributed by atoms with Crippen molar-refractivity contribution in [3.05, 3.63) is 58.4 Å². The van der Waals surface area contributed by atoms with E-state index in [0.29, 0.717) is 11.6 Å². The summed E-state index contributed by atoms with van der Waals surface area (Å²) in [5, 5.41) is 0.641. The largest absolute Gasteiger partial charge is 0.326 e. The summed E-state index contributed by atoms with van der Waals surface area (Å²) in [6.45, 7) is 2.25. The first-order chi connectivity index (χ1) is 8.10. The monoisotopic (exact) mass is 249 g/mol. The third-order valence-corrected chi connectivity index (χ3v) is 2.88. The molecule has 0 fully saturated rings. The number of nitrogens with two attached hydrogens (primary N) is 1.